The average Bonchev–Trinajstić information content (AvgIpc) is 3.36. The van der Waals surface area contributed by atoms with Gasteiger partial charge in [-0.2, -0.15) is 4.98 Å². The standard InChI is InChI=1S/C26H31Cl2N7O4/c1-26(2,36)16-10-17(27)18(28)11-19(16)30-24-6-8-29-25(32-24)31-20-12-22(35(37)38)21(13-23(20)39-5)34-9-7-15(14-34)33(3)4/h6,8,10-13,15,36H,7,9,14H2,1-5H3,(H2,29,30,31,32)/t15-/m1/s1. The summed E-state index contributed by atoms with van der Waals surface area (Å²) >= 11 is 12.4. The van der Waals surface area contributed by atoms with E-state index in [1.807, 2.05) is 19.0 Å². The zero-order valence-corrected chi connectivity index (χ0v) is 23.8. The molecule has 1 atom stereocenters. The van der Waals surface area contributed by atoms with Gasteiger partial charge in [0.25, 0.3) is 5.69 Å². The van der Waals surface area contributed by atoms with E-state index in [4.69, 9.17) is 27.9 Å². The van der Waals surface area contributed by atoms with Crippen molar-refractivity contribution in [1.29, 1.82) is 0 Å². The zero-order chi connectivity index (χ0) is 28.5. The van der Waals surface area contributed by atoms with Crippen LogP contribution in [0, 0.1) is 10.1 Å². The molecule has 2 aromatic carbocycles. The van der Waals surface area contributed by atoms with Gasteiger partial charge in [-0.1, -0.05) is 23.2 Å². The van der Waals surface area contributed by atoms with E-state index in [-0.39, 0.29) is 11.6 Å². The molecule has 1 aromatic heterocycles. The summed E-state index contributed by atoms with van der Waals surface area (Å²) < 4.78 is 5.58. The van der Waals surface area contributed by atoms with Crippen molar-refractivity contribution in [2.24, 2.45) is 0 Å². The smallest absolute Gasteiger partial charge is 0.294 e. The van der Waals surface area contributed by atoms with Gasteiger partial charge in [-0.15, -0.1) is 0 Å². The lowest BCUT2D eigenvalue weighted by Gasteiger charge is -2.23. The molecule has 3 aromatic rings. The molecular weight excluding hydrogens is 545 g/mol. The number of likely N-dealkylation sites (N-methyl/N-ethyl adjacent to an activating group) is 1. The van der Waals surface area contributed by atoms with Gasteiger partial charge in [0.1, 0.15) is 17.3 Å². The first kappa shape index (κ1) is 28.6. The molecule has 1 fully saturated rings. The second-order valence-electron chi connectivity index (χ2n) is 10.0. The van der Waals surface area contributed by atoms with Gasteiger partial charge < -0.3 is 30.3 Å². The van der Waals surface area contributed by atoms with Crippen molar-refractivity contribution in [2.75, 3.05) is 49.8 Å². The first-order valence-corrected chi connectivity index (χ1v) is 13.0. The predicted octanol–water partition coefficient (Wildman–Crippen LogP) is 5.56. The van der Waals surface area contributed by atoms with Crippen molar-refractivity contribution in [3.8, 4) is 5.75 Å². The highest BCUT2D eigenvalue weighted by molar-refractivity contribution is 6.42. The number of methoxy groups -OCH3 is 1. The highest BCUT2D eigenvalue weighted by Crippen LogP contribution is 2.41. The summed E-state index contributed by atoms with van der Waals surface area (Å²) in [7, 11) is 5.52. The van der Waals surface area contributed by atoms with Crippen LogP contribution in [-0.4, -0.2) is 65.2 Å². The lowest BCUT2D eigenvalue weighted by Crippen LogP contribution is -2.31. The summed E-state index contributed by atoms with van der Waals surface area (Å²) in [6, 6.07) is 8.26. The topological polar surface area (TPSA) is 129 Å². The Morgan fingerprint density at radius 2 is 1.90 bits per heavy atom. The van der Waals surface area contributed by atoms with Gasteiger partial charge in [0.05, 0.1) is 33.4 Å². The average molecular weight is 576 g/mol. The Morgan fingerprint density at radius 1 is 1.18 bits per heavy atom. The van der Waals surface area contributed by atoms with E-state index in [2.05, 4.69) is 25.5 Å². The predicted molar refractivity (Wildman–Crippen MR) is 154 cm³/mol. The van der Waals surface area contributed by atoms with Crippen LogP contribution in [0.3, 0.4) is 0 Å². The monoisotopic (exact) mass is 575 g/mol. The number of ether oxygens (including phenoxy) is 1. The van der Waals surface area contributed by atoms with Gasteiger partial charge in [0.2, 0.25) is 5.95 Å². The fourth-order valence-electron chi connectivity index (χ4n) is 4.51. The van der Waals surface area contributed by atoms with Crippen molar-refractivity contribution >= 4 is 57.7 Å². The van der Waals surface area contributed by atoms with Crippen LogP contribution in [0.1, 0.15) is 25.8 Å². The molecule has 0 aliphatic carbocycles. The SMILES string of the molecule is COc1cc(N2CC[C@@H](N(C)C)C2)c([N+](=O)[O-])cc1Nc1nccc(Nc2cc(Cl)c(Cl)cc2C(C)(C)O)n1. The van der Waals surface area contributed by atoms with Gasteiger partial charge in [0, 0.05) is 48.7 Å². The number of nitro groups is 1. The number of rotatable bonds is 9. The number of halogens is 2. The molecule has 11 nitrogen and oxygen atoms in total. The zero-order valence-electron chi connectivity index (χ0n) is 22.3. The number of nitrogens with one attached hydrogen (secondary N) is 2. The third-order valence-corrected chi connectivity index (χ3v) is 7.33. The Kier molecular flexibility index (Phi) is 8.36. The minimum atomic E-state index is -1.21. The van der Waals surface area contributed by atoms with Crippen molar-refractivity contribution in [3.63, 3.8) is 0 Å². The Balaban J connectivity index is 1.64. The van der Waals surface area contributed by atoms with E-state index >= 15 is 0 Å². The number of nitrogens with zero attached hydrogens (tertiary/aromatic N) is 5. The normalized spacial score (nSPS) is 15.5. The molecule has 0 radical (unpaired) electrons. The summed E-state index contributed by atoms with van der Waals surface area (Å²) in [5.74, 6) is 0.993. The van der Waals surface area contributed by atoms with E-state index in [0.717, 1.165) is 6.42 Å². The molecule has 1 aliphatic rings. The summed E-state index contributed by atoms with van der Waals surface area (Å²) in [6.45, 7) is 4.66. The third kappa shape index (κ3) is 6.44. The molecule has 0 unspecified atom stereocenters. The van der Waals surface area contributed by atoms with Gasteiger partial charge >= 0.3 is 0 Å². The largest absolute Gasteiger partial charge is 0.494 e. The molecule has 3 N–H and O–H groups in total. The van der Waals surface area contributed by atoms with Gasteiger partial charge in [-0.05, 0) is 52.6 Å². The van der Waals surface area contributed by atoms with E-state index in [0.29, 0.717) is 63.4 Å². The van der Waals surface area contributed by atoms with E-state index in [1.54, 1.807) is 38.1 Å². The molecule has 1 saturated heterocycles. The van der Waals surface area contributed by atoms with Crippen LogP contribution < -0.4 is 20.3 Å². The maximum Gasteiger partial charge on any atom is 0.294 e. The van der Waals surface area contributed by atoms with Crippen molar-refractivity contribution < 1.29 is 14.8 Å². The van der Waals surface area contributed by atoms with Crippen molar-refractivity contribution in [3.05, 3.63) is 62.3 Å². The van der Waals surface area contributed by atoms with E-state index in [1.165, 1.54) is 19.4 Å². The number of anilines is 5. The Morgan fingerprint density at radius 3 is 2.51 bits per heavy atom. The van der Waals surface area contributed by atoms with Crippen LogP contribution in [0.2, 0.25) is 10.0 Å². The Labute approximate surface area is 236 Å². The summed E-state index contributed by atoms with van der Waals surface area (Å²) in [5, 5.41) is 29.5. The van der Waals surface area contributed by atoms with E-state index < -0.39 is 10.5 Å². The number of hydrogen-bond acceptors (Lipinski definition) is 10. The highest BCUT2D eigenvalue weighted by atomic mass is 35.5. The van der Waals surface area contributed by atoms with Crippen molar-refractivity contribution in [1.82, 2.24) is 14.9 Å². The Hall–Kier alpha value is -3.38. The van der Waals surface area contributed by atoms with Gasteiger partial charge in [0.15, 0.2) is 0 Å². The minimum absolute atomic E-state index is 0.0439. The minimum Gasteiger partial charge on any atom is -0.494 e. The second kappa shape index (κ2) is 11.4. The second-order valence-corrected chi connectivity index (χ2v) is 10.9. The third-order valence-electron chi connectivity index (χ3n) is 6.61. The number of aromatic nitrogens is 2. The van der Waals surface area contributed by atoms with E-state index in [9.17, 15) is 15.2 Å². The maximum absolute atomic E-state index is 12.0. The molecule has 0 bridgehead atoms. The number of aliphatic hydroxyl groups is 1. The first-order valence-electron chi connectivity index (χ1n) is 12.2. The lowest BCUT2D eigenvalue weighted by molar-refractivity contribution is -0.384. The quantitative estimate of drug-likeness (QED) is 0.220. The van der Waals surface area contributed by atoms with Crippen LogP contribution >= 0.6 is 23.2 Å². The molecule has 1 aliphatic heterocycles. The van der Waals surface area contributed by atoms with Crippen molar-refractivity contribution in [2.45, 2.75) is 31.9 Å². The molecule has 0 spiro atoms. The van der Waals surface area contributed by atoms with Crippen LogP contribution in [0.15, 0.2) is 36.5 Å². The molecule has 2 heterocycles. The number of nitro benzene ring substituents is 1. The molecule has 4 rings (SSSR count). The fourth-order valence-corrected chi connectivity index (χ4v) is 4.84. The number of benzene rings is 2. The summed E-state index contributed by atoms with van der Waals surface area (Å²) in [6.07, 6.45) is 2.44. The summed E-state index contributed by atoms with van der Waals surface area (Å²) in [5.41, 5.74) is 0.636. The molecule has 208 valence electrons. The lowest BCUT2D eigenvalue weighted by atomic mass is 9.96. The Bertz CT molecular complexity index is 1380. The summed E-state index contributed by atoms with van der Waals surface area (Å²) in [4.78, 5) is 24.5. The van der Waals surface area contributed by atoms with Gasteiger partial charge in [-0.25, -0.2) is 4.98 Å². The fraction of sp³-hybridized carbons (Fsp3) is 0.385. The first-order chi connectivity index (χ1) is 18.4. The highest BCUT2D eigenvalue weighted by Gasteiger charge is 2.30. The maximum atomic E-state index is 12.0. The van der Waals surface area contributed by atoms with Crippen LogP contribution in [-0.2, 0) is 5.60 Å². The van der Waals surface area contributed by atoms with Gasteiger partial charge in [-0.3, -0.25) is 10.1 Å². The molecule has 0 saturated carbocycles. The number of hydrogen-bond donors (Lipinski definition) is 3. The molecule has 13 heteroatoms. The van der Waals surface area contributed by atoms with Crippen LogP contribution in [0.25, 0.3) is 0 Å². The molecular formula is C26H31Cl2N7O4. The molecule has 39 heavy (non-hydrogen) atoms. The molecule has 0 amide bonds. The van der Waals surface area contributed by atoms with Crippen LogP contribution in [0.5, 0.6) is 5.75 Å². The van der Waals surface area contributed by atoms with Crippen LogP contribution in [0.4, 0.5) is 34.5 Å².